The second-order valence-corrected chi connectivity index (χ2v) is 9.02. The van der Waals surface area contributed by atoms with E-state index in [1.165, 1.54) is 19.1 Å². The molecule has 164 valence electrons. The summed E-state index contributed by atoms with van der Waals surface area (Å²) in [5.41, 5.74) is 0.774. The molecular weight excluding hydrogens is 449 g/mol. The summed E-state index contributed by atoms with van der Waals surface area (Å²) in [5.74, 6) is -0.927. The number of hydrogen-bond donors (Lipinski definition) is 2. The van der Waals surface area contributed by atoms with Gasteiger partial charge in [-0.15, -0.1) is 0 Å². The van der Waals surface area contributed by atoms with E-state index in [4.69, 9.17) is 16.1 Å². The minimum absolute atomic E-state index is 0.0149. The number of rotatable bonds is 6. The molecule has 2 N–H and O–H groups in total. The van der Waals surface area contributed by atoms with Gasteiger partial charge in [-0.25, -0.2) is 17.6 Å². The molecule has 8 nitrogen and oxygen atoms in total. The van der Waals surface area contributed by atoms with Crippen molar-refractivity contribution in [2.75, 3.05) is 15.9 Å². The van der Waals surface area contributed by atoms with Crippen LogP contribution in [-0.2, 0) is 10.0 Å². The average Bonchev–Trinajstić information content (AvgIpc) is 3.02. The van der Waals surface area contributed by atoms with E-state index < -0.39 is 28.0 Å². The summed E-state index contributed by atoms with van der Waals surface area (Å²) in [4.78, 5) is 13.2. The molecule has 0 saturated carbocycles. The highest BCUT2D eigenvalue weighted by atomic mass is 35.5. The lowest BCUT2D eigenvalue weighted by molar-refractivity contribution is 0.199. The van der Waals surface area contributed by atoms with Crippen molar-refractivity contribution in [2.45, 2.75) is 19.9 Å². The first-order valence-electron chi connectivity index (χ1n) is 9.00. The zero-order valence-electron chi connectivity index (χ0n) is 16.8. The Morgan fingerprint density at radius 2 is 1.97 bits per heavy atom. The van der Waals surface area contributed by atoms with Crippen molar-refractivity contribution >= 4 is 39.1 Å². The van der Waals surface area contributed by atoms with E-state index in [-0.39, 0.29) is 28.4 Å². The fourth-order valence-corrected chi connectivity index (χ4v) is 4.06. The molecule has 3 aromatic rings. The molecule has 11 heteroatoms. The van der Waals surface area contributed by atoms with Gasteiger partial charge in [-0.05, 0) is 43.7 Å². The van der Waals surface area contributed by atoms with Crippen molar-refractivity contribution in [1.82, 2.24) is 5.16 Å². The van der Waals surface area contributed by atoms with E-state index in [1.54, 1.807) is 31.2 Å². The van der Waals surface area contributed by atoms with Gasteiger partial charge in [0.05, 0.1) is 23.5 Å². The first-order valence-corrected chi connectivity index (χ1v) is 11.3. The number of aryl methyl sites for hydroxylation is 1. The van der Waals surface area contributed by atoms with E-state index in [9.17, 15) is 22.7 Å². The van der Waals surface area contributed by atoms with Crippen molar-refractivity contribution < 1.29 is 27.2 Å². The minimum Gasteiger partial charge on any atom is -0.465 e. The molecule has 31 heavy (non-hydrogen) atoms. The van der Waals surface area contributed by atoms with Crippen LogP contribution in [0.15, 0.2) is 47.0 Å². The van der Waals surface area contributed by atoms with Gasteiger partial charge in [-0.3, -0.25) is 9.62 Å². The number of benzene rings is 2. The molecule has 0 aliphatic heterocycles. The summed E-state index contributed by atoms with van der Waals surface area (Å²) in [6.07, 6.45) is -0.367. The van der Waals surface area contributed by atoms with Crippen molar-refractivity contribution in [3.63, 3.8) is 0 Å². The van der Waals surface area contributed by atoms with Gasteiger partial charge in [0.1, 0.15) is 17.2 Å². The summed E-state index contributed by atoms with van der Waals surface area (Å²) in [7, 11) is -3.60. The molecule has 3 rings (SSSR count). The van der Waals surface area contributed by atoms with Gasteiger partial charge >= 0.3 is 6.09 Å². The van der Waals surface area contributed by atoms with Crippen molar-refractivity contribution in [2.24, 2.45) is 0 Å². The summed E-state index contributed by atoms with van der Waals surface area (Å²) >= 11 is 6.25. The molecule has 0 spiro atoms. The highest BCUT2D eigenvalue weighted by Gasteiger charge is 2.32. The highest BCUT2D eigenvalue weighted by Crippen LogP contribution is 2.40. The standard InChI is InChI=1S/C20H19ClFN3O5S/c1-11-18(25(20(26)27)12(2)14-6-4-5-7-16(14)21)19(30-23-11)15-9-8-13(10-17(15)22)24-31(3,28)29/h4-10,12,24H,1-3H3,(H,26,27). The zero-order chi connectivity index (χ0) is 22.9. The summed E-state index contributed by atoms with van der Waals surface area (Å²) < 4.78 is 45.1. The molecule has 2 aromatic carbocycles. The quantitative estimate of drug-likeness (QED) is 0.524. The third kappa shape index (κ3) is 4.80. The van der Waals surface area contributed by atoms with E-state index in [0.717, 1.165) is 17.2 Å². The van der Waals surface area contributed by atoms with Crippen molar-refractivity contribution in [1.29, 1.82) is 0 Å². The van der Waals surface area contributed by atoms with Crippen molar-refractivity contribution in [3.05, 3.63) is 64.6 Å². The zero-order valence-corrected chi connectivity index (χ0v) is 18.3. The highest BCUT2D eigenvalue weighted by molar-refractivity contribution is 7.92. The van der Waals surface area contributed by atoms with Crippen molar-refractivity contribution in [3.8, 4) is 11.3 Å². The van der Waals surface area contributed by atoms with Gasteiger partial charge in [0.25, 0.3) is 0 Å². The molecule has 1 heterocycles. The maximum absolute atomic E-state index is 14.8. The van der Waals surface area contributed by atoms with Crippen LogP contribution in [-0.4, -0.2) is 31.0 Å². The molecule has 1 unspecified atom stereocenters. The Morgan fingerprint density at radius 3 is 2.55 bits per heavy atom. The molecule has 0 saturated heterocycles. The lowest BCUT2D eigenvalue weighted by Gasteiger charge is -2.27. The largest absolute Gasteiger partial charge is 0.465 e. The average molecular weight is 468 g/mol. The minimum atomic E-state index is -3.60. The predicted octanol–water partition coefficient (Wildman–Crippen LogP) is 5.06. The fourth-order valence-electron chi connectivity index (χ4n) is 3.21. The molecule has 0 fully saturated rings. The summed E-state index contributed by atoms with van der Waals surface area (Å²) in [6.45, 7) is 3.18. The second-order valence-electron chi connectivity index (χ2n) is 6.86. The maximum atomic E-state index is 14.8. The van der Waals surface area contributed by atoms with Crippen LogP contribution >= 0.6 is 11.6 Å². The Kier molecular flexibility index (Phi) is 6.23. The smallest absolute Gasteiger partial charge is 0.412 e. The topological polar surface area (TPSA) is 113 Å². The van der Waals surface area contributed by atoms with Gasteiger partial charge < -0.3 is 9.63 Å². The number of anilines is 2. The van der Waals surface area contributed by atoms with Crippen LogP contribution < -0.4 is 9.62 Å². The third-order valence-corrected chi connectivity index (χ3v) is 5.49. The first-order chi connectivity index (χ1) is 14.5. The molecule has 1 amide bonds. The molecule has 0 aliphatic rings. The maximum Gasteiger partial charge on any atom is 0.412 e. The Hall–Kier alpha value is -3.11. The van der Waals surface area contributed by atoms with Gasteiger partial charge in [-0.1, -0.05) is 35.0 Å². The number of carbonyl (C=O) groups is 1. The predicted molar refractivity (Wildman–Crippen MR) is 115 cm³/mol. The van der Waals surface area contributed by atoms with Crippen LogP contribution in [0.5, 0.6) is 0 Å². The number of nitrogens with zero attached hydrogens (tertiary/aromatic N) is 2. The number of carboxylic acid groups (broad SMARTS) is 1. The van der Waals surface area contributed by atoms with Gasteiger partial charge in [0.15, 0.2) is 5.76 Å². The van der Waals surface area contributed by atoms with E-state index in [0.29, 0.717) is 10.6 Å². The molecular formula is C20H19ClFN3O5S. The van der Waals surface area contributed by atoms with Crippen LogP contribution in [0.25, 0.3) is 11.3 Å². The van der Waals surface area contributed by atoms with Gasteiger partial charge in [-0.2, -0.15) is 0 Å². The van der Waals surface area contributed by atoms with Crippen LogP contribution in [0.3, 0.4) is 0 Å². The van der Waals surface area contributed by atoms with Crippen LogP contribution in [0.2, 0.25) is 5.02 Å². The Bertz CT molecular complexity index is 1250. The monoisotopic (exact) mass is 467 g/mol. The lowest BCUT2D eigenvalue weighted by Crippen LogP contribution is -2.33. The first kappa shape index (κ1) is 22.6. The number of hydrogen-bond acceptors (Lipinski definition) is 5. The van der Waals surface area contributed by atoms with Gasteiger partial charge in [0.2, 0.25) is 10.0 Å². The Labute approximate surface area is 183 Å². The van der Waals surface area contributed by atoms with Crippen LogP contribution in [0, 0.1) is 12.7 Å². The number of halogens is 2. The molecule has 1 aromatic heterocycles. The van der Waals surface area contributed by atoms with E-state index in [2.05, 4.69) is 9.88 Å². The fraction of sp³-hybridized carbons (Fsp3) is 0.200. The Morgan fingerprint density at radius 1 is 1.29 bits per heavy atom. The van der Waals surface area contributed by atoms with Crippen LogP contribution in [0.4, 0.5) is 20.6 Å². The lowest BCUT2D eigenvalue weighted by atomic mass is 10.0. The normalized spacial score (nSPS) is 12.4. The van der Waals surface area contributed by atoms with E-state index >= 15 is 0 Å². The second kappa shape index (κ2) is 8.56. The SMILES string of the molecule is Cc1noc(-c2ccc(NS(C)(=O)=O)cc2F)c1N(C(=O)O)C(C)c1ccccc1Cl. The molecule has 0 bridgehead atoms. The molecule has 0 radical (unpaired) electrons. The van der Waals surface area contributed by atoms with Crippen LogP contribution in [0.1, 0.15) is 24.2 Å². The van der Waals surface area contributed by atoms with E-state index in [1.807, 2.05) is 0 Å². The molecule has 0 aliphatic carbocycles. The molecule has 1 atom stereocenters. The summed E-state index contributed by atoms with van der Waals surface area (Å²) in [6, 6.07) is 9.64. The van der Waals surface area contributed by atoms with Gasteiger partial charge in [0, 0.05) is 5.02 Å². The summed E-state index contributed by atoms with van der Waals surface area (Å²) in [5, 5.41) is 14.1. The number of sulfonamides is 1. The number of amides is 1. The number of aromatic nitrogens is 1. The number of nitrogens with one attached hydrogen (secondary N) is 1. The Balaban J connectivity index is 2.11. The third-order valence-electron chi connectivity index (χ3n) is 4.54.